The number of carboxylic acid groups (broad SMARTS) is 1. The quantitative estimate of drug-likeness (QED) is 0.855. The van der Waals surface area contributed by atoms with Gasteiger partial charge in [-0.1, -0.05) is 17.8 Å². The molecule has 0 amide bonds. The summed E-state index contributed by atoms with van der Waals surface area (Å²) < 4.78 is 12.7. The Hall–Kier alpha value is -2.22. The van der Waals surface area contributed by atoms with E-state index in [0.717, 1.165) is 17.3 Å². The lowest BCUT2D eigenvalue weighted by Crippen LogP contribution is -2.15. The minimum atomic E-state index is -0.890. The summed E-state index contributed by atoms with van der Waals surface area (Å²) in [5.74, 6) is 0.847. The van der Waals surface area contributed by atoms with Crippen LogP contribution in [-0.2, 0) is 11.8 Å². The molecule has 2 aromatic rings. The van der Waals surface area contributed by atoms with Crippen molar-refractivity contribution in [1.82, 2.24) is 14.8 Å². The fourth-order valence-corrected chi connectivity index (χ4v) is 2.62. The molecule has 1 aromatic carbocycles. The summed E-state index contributed by atoms with van der Waals surface area (Å²) in [5.41, 5.74) is 0.741. The maximum atomic E-state index is 10.6. The number of para-hydroxylation sites is 1. The van der Waals surface area contributed by atoms with E-state index in [1.54, 1.807) is 11.7 Å². The van der Waals surface area contributed by atoms with Gasteiger partial charge in [0.05, 0.1) is 11.3 Å². The van der Waals surface area contributed by atoms with Crippen LogP contribution < -0.4 is 9.47 Å². The van der Waals surface area contributed by atoms with Crippen molar-refractivity contribution >= 4 is 17.7 Å². The number of hydrogen-bond acceptors (Lipinski definition) is 6. The summed E-state index contributed by atoms with van der Waals surface area (Å²) in [5, 5.41) is 13.6. The third-order valence-corrected chi connectivity index (χ3v) is 3.86. The van der Waals surface area contributed by atoms with Crippen LogP contribution in [0.2, 0.25) is 0 Å². The standard InChI is InChI=1S/C13H13N3O4S/c1-16-13(21-7-10(17)18)14-12(15-16)8-3-2-4-9-11(8)20-6-5-19-9/h2-4H,5-7H2,1H3,(H,17,18). The van der Waals surface area contributed by atoms with Crippen molar-refractivity contribution in [2.75, 3.05) is 19.0 Å². The van der Waals surface area contributed by atoms with Gasteiger partial charge in [-0.25, -0.2) is 9.67 Å². The Morgan fingerprint density at radius 2 is 2.24 bits per heavy atom. The molecule has 3 rings (SSSR count). The molecule has 0 saturated heterocycles. The molecular weight excluding hydrogens is 294 g/mol. The van der Waals surface area contributed by atoms with E-state index in [1.807, 2.05) is 18.2 Å². The zero-order valence-corrected chi connectivity index (χ0v) is 12.1. The number of aliphatic carboxylic acids is 1. The van der Waals surface area contributed by atoms with Crippen molar-refractivity contribution in [3.8, 4) is 22.9 Å². The van der Waals surface area contributed by atoms with Crippen molar-refractivity contribution in [3.05, 3.63) is 18.2 Å². The van der Waals surface area contributed by atoms with E-state index in [0.29, 0.717) is 35.7 Å². The van der Waals surface area contributed by atoms with Crippen molar-refractivity contribution < 1.29 is 19.4 Å². The fraction of sp³-hybridized carbons (Fsp3) is 0.308. The molecule has 21 heavy (non-hydrogen) atoms. The van der Waals surface area contributed by atoms with Gasteiger partial charge in [-0.3, -0.25) is 4.79 Å². The van der Waals surface area contributed by atoms with Crippen LogP contribution in [-0.4, -0.2) is 44.8 Å². The van der Waals surface area contributed by atoms with E-state index in [9.17, 15) is 4.79 Å². The third kappa shape index (κ3) is 2.80. The van der Waals surface area contributed by atoms with E-state index in [1.165, 1.54) is 0 Å². The molecule has 110 valence electrons. The van der Waals surface area contributed by atoms with Crippen LogP contribution in [0.4, 0.5) is 0 Å². The largest absolute Gasteiger partial charge is 0.486 e. The molecule has 1 aliphatic rings. The second-order valence-corrected chi connectivity index (χ2v) is 5.30. The number of rotatable bonds is 4. The maximum absolute atomic E-state index is 10.6. The molecule has 0 radical (unpaired) electrons. The minimum absolute atomic E-state index is 0.0571. The Kier molecular flexibility index (Phi) is 3.70. The normalized spacial score (nSPS) is 13.2. The fourth-order valence-electron chi connectivity index (χ4n) is 1.99. The van der Waals surface area contributed by atoms with Crippen molar-refractivity contribution in [2.24, 2.45) is 7.05 Å². The summed E-state index contributed by atoms with van der Waals surface area (Å²) >= 11 is 1.13. The average molecular weight is 307 g/mol. The second kappa shape index (κ2) is 5.65. The van der Waals surface area contributed by atoms with Crippen LogP contribution in [0.25, 0.3) is 11.4 Å². The Bertz CT molecular complexity index is 686. The Morgan fingerprint density at radius 1 is 1.43 bits per heavy atom. The molecule has 7 nitrogen and oxygen atoms in total. The van der Waals surface area contributed by atoms with Crippen LogP contribution in [0.5, 0.6) is 11.5 Å². The highest BCUT2D eigenvalue weighted by atomic mass is 32.2. The third-order valence-electron chi connectivity index (χ3n) is 2.85. The molecule has 1 aliphatic heterocycles. The first-order valence-electron chi connectivity index (χ1n) is 6.30. The molecule has 0 unspecified atom stereocenters. The number of aromatic nitrogens is 3. The van der Waals surface area contributed by atoms with Gasteiger partial charge in [0, 0.05) is 7.05 Å². The van der Waals surface area contributed by atoms with Gasteiger partial charge in [0.15, 0.2) is 22.5 Å². The molecule has 1 aromatic heterocycles. The van der Waals surface area contributed by atoms with E-state index < -0.39 is 5.97 Å². The topological polar surface area (TPSA) is 86.5 Å². The summed E-state index contributed by atoms with van der Waals surface area (Å²) in [6.45, 7) is 1.00. The van der Waals surface area contributed by atoms with Crippen LogP contribution in [0, 0.1) is 0 Å². The smallest absolute Gasteiger partial charge is 0.313 e. The highest BCUT2D eigenvalue weighted by Gasteiger charge is 2.20. The zero-order chi connectivity index (χ0) is 14.8. The number of carbonyl (C=O) groups is 1. The number of nitrogens with zero attached hydrogens (tertiary/aromatic N) is 3. The molecule has 1 N–H and O–H groups in total. The first kappa shape index (κ1) is 13.7. The monoisotopic (exact) mass is 307 g/mol. The predicted molar refractivity (Wildman–Crippen MR) is 75.8 cm³/mol. The number of thioether (sulfide) groups is 1. The van der Waals surface area contributed by atoms with Gasteiger partial charge in [0.1, 0.15) is 13.2 Å². The molecule has 0 aliphatic carbocycles. The number of aryl methyl sites for hydroxylation is 1. The van der Waals surface area contributed by atoms with E-state index in [2.05, 4.69) is 10.1 Å². The van der Waals surface area contributed by atoms with Crippen LogP contribution in [0.3, 0.4) is 0 Å². The minimum Gasteiger partial charge on any atom is -0.486 e. The van der Waals surface area contributed by atoms with E-state index in [-0.39, 0.29) is 5.75 Å². The molecule has 0 bridgehead atoms. The molecule has 0 spiro atoms. The molecule has 0 atom stereocenters. The predicted octanol–water partition coefficient (Wildman–Crippen LogP) is 1.43. The number of ether oxygens (including phenoxy) is 2. The molecule has 8 heteroatoms. The van der Waals surface area contributed by atoms with E-state index in [4.69, 9.17) is 14.6 Å². The Morgan fingerprint density at radius 3 is 3.05 bits per heavy atom. The highest BCUT2D eigenvalue weighted by Crippen LogP contribution is 2.38. The van der Waals surface area contributed by atoms with Gasteiger partial charge < -0.3 is 14.6 Å². The first-order valence-corrected chi connectivity index (χ1v) is 7.28. The summed E-state index contributed by atoms with van der Waals surface area (Å²) in [4.78, 5) is 15.0. The summed E-state index contributed by atoms with van der Waals surface area (Å²) in [7, 11) is 1.73. The van der Waals surface area contributed by atoms with Gasteiger partial charge in [-0.05, 0) is 12.1 Å². The first-order chi connectivity index (χ1) is 10.1. The van der Waals surface area contributed by atoms with Crippen molar-refractivity contribution in [2.45, 2.75) is 5.16 Å². The van der Waals surface area contributed by atoms with Gasteiger partial charge in [-0.2, -0.15) is 5.10 Å². The molecular formula is C13H13N3O4S. The SMILES string of the molecule is Cn1nc(-c2cccc3c2OCCO3)nc1SCC(=O)O. The lowest BCUT2D eigenvalue weighted by atomic mass is 10.1. The maximum Gasteiger partial charge on any atom is 0.313 e. The summed E-state index contributed by atoms with van der Waals surface area (Å²) in [6, 6.07) is 5.54. The van der Waals surface area contributed by atoms with Gasteiger partial charge in [0.25, 0.3) is 0 Å². The van der Waals surface area contributed by atoms with Crippen LogP contribution in [0.1, 0.15) is 0 Å². The van der Waals surface area contributed by atoms with Gasteiger partial charge in [-0.15, -0.1) is 0 Å². The van der Waals surface area contributed by atoms with Crippen molar-refractivity contribution in [3.63, 3.8) is 0 Å². The Balaban J connectivity index is 1.94. The average Bonchev–Trinajstić information content (AvgIpc) is 2.85. The molecule has 2 heterocycles. The Labute approximate surface area is 124 Å². The highest BCUT2D eigenvalue weighted by molar-refractivity contribution is 7.99. The van der Waals surface area contributed by atoms with Crippen LogP contribution >= 0.6 is 11.8 Å². The van der Waals surface area contributed by atoms with Gasteiger partial charge in [0.2, 0.25) is 0 Å². The number of carboxylic acids is 1. The molecule has 0 fully saturated rings. The van der Waals surface area contributed by atoms with Crippen LogP contribution in [0.15, 0.2) is 23.4 Å². The second-order valence-electron chi connectivity index (χ2n) is 4.35. The van der Waals surface area contributed by atoms with Gasteiger partial charge >= 0.3 is 5.97 Å². The lowest BCUT2D eigenvalue weighted by molar-refractivity contribution is -0.133. The number of benzene rings is 1. The molecule has 0 saturated carbocycles. The zero-order valence-electron chi connectivity index (χ0n) is 11.3. The lowest BCUT2D eigenvalue weighted by Gasteiger charge is -2.19. The number of fused-ring (bicyclic) bond motifs is 1. The summed E-state index contributed by atoms with van der Waals surface area (Å²) in [6.07, 6.45) is 0. The van der Waals surface area contributed by atoms with E-state index >= 15 is 0 Å². The number of hydrogen-bond donors (Lipinski definition) is 1. The van der Waals surface area contributed by atoms with Crippen molar-refractivity contribution in [1.29, 1.82) is 0 Å².